The van der Waals surface area contributed by atoms with Gasteiger partial charge in [0.2, 0.25) is 0 Å². The summed E-state index contributed by atoms with van der Waals surface area (Å²) in [4.78, 5) is 17.1. The van der Waals surface area contributed by atoms with Crippen molar-refractivity contribution in [3.8, 4) is 45.3 Å². The van der Waals surface area contributed by atoms with Crippen molar-refractivity contribution in [2.45, 2.75) is 6.54 Å². The SMILES string of the molecule is Nc1ccccc1N(Cc1ccc(-c2ccccc2-c2nc(-c3ccccc3)nc(-c3ccccc3)n2)cc1)c1ccccc1. The third-order valence-electron chi connectivity index (χ3n) is 7.77. The molecule has 0 amide bonds. The maximum absolute atomic E-state index is 6.42. The van der Waals surface area contributed by atoms with E-state index in [1.54, 1.807) is 0 Å². The van der Waals surface area contributed by atoms with Crippen LogP contribution in [0.25, 0.3) is 45.3 Å². The van der Waals surface area contributed by atoms with Crippen molar-refractivity contribution in [2.75, 3.05) is 10.6 Å². The van der Waals surface area contributed by atoms with Gasteiger partial charge in [-0.1, -0.05) is 140 Å². The molecule has 0 unspecified atom stereocenters. The minimum Gasteiger partial charge on any atom is -0.397 e. The van der Waals surface area contributed by atoms with Crippen molar-refractivity contribution in [1.82, 2.24) is 15.0 Å². The Kier molecular flexibility index (Phi) is 7.80. The zero-order valence-electron chi connectivity index (χ0n) is 24.7. The van der Waals surface area contributed by atoms with Gasteiger partial charge in [-0.05, 0) is 41.0 Å². The number of benzene rings is 6. The lowest BCUT2D eigenvalue weighted by Crippen LogP contribution is -2.17. The first kappa shape index (κ1) is 27.7. The highest BCUT2D eigenvalue weighted by Crippen LogP contribution is 2.35. The Balaban J connectivity index is 1.26. The van der Waals surface area contributed by atoms with Crippen molar-refractivity contribution in [3.05, 3.63) is 169 Å². The molecule has 1 aromatic heterocycles. The fourth-order valence-corrected chi connectivity index (χ4v) is 5.49. The molecule has 0 saturated carbocycles. The van der Waals surface area contributed by atoms with Gasteiger partial charge in [0, 0.05) is 28.9 Å². The zero-order chi connectivity index (χ0) is 30.4. The summed E-state index contributed by atoms with van der Waals surface area (Å²) in [7, 11) is 0. The Bertz CT molecular complexity index is 1970. The standard InChI is InChI=1S/C40H31N5/c41-36-22-12-13-23-37(36)45(33-18-8-3-9-19-33)28-29-24-26-30(27-25-29)34-20-10-11-21-35(34)40-43-38(31-14-4-1-5-15-31)42-39(44-40)32-16-6-2-7-17-32/h1-27H,28,41H2. The highest BCUT2D eigenvalue weighted by atomic mass is 15.1. The number of hydrogen-bond donors (Lipinski definition) is 1. The van der Waals surface area contributed by atoms with E-state index in [0.717, 1.165) is 44.9 Å². The van der Waals surface area contributed by atoms with E-state index in [4.69, 9.17) is 20.7 Å². The van der Waals surface area contributed by atoms with Crippen molar-refractivity contribution < 1.29 is 0 Å². The maximum Gasteiger partial charge on any atom is 0.164 e. The van der Waals surface area contributed by atoms with E-state index in [0.29, 0.717) is 24.0 Å². The molecular weight excluding hydrogens is 550 g/mol. The zero-order valence-corrected chi connectivity index (χ0v) is 24.7. The van der Waals surface area contributed by atoms with Crippen molar-refractivity contribution in [2.24, 2.45) is 0 Å². The van der Waals surface area contributed by atoms with Gasteiger partial charge in [0.05, 0.1) is 11.4 Å². The van der Waals surface area contributed by atoms with Crippen LogP contribution in [-0.2, 0) is 6.54 Å². The number of nitrogens with two attached hydrogens (primary N) is 1. The monoisotopic (exact) mass is 581 g/mol. The molecule has 6 aromatic carbocycles. The van der Waals surface area contributed by atoms with E-state index in [9.17, 15) is 0 Å². The average molecular weight is 582 g/mol. The average Bonchev–Trinajstić information content (AvgIpc) is 3.12. The Morgan fingerprint density at radius 1 is 0.422 bits per heavy atom. The number of rotatable bonds is 8. The summed E-state index contributed by atoms with van der Waals surface area (Å²) in [5.41, 5.74) is 15.4. The predicted molar refractivity (Wildman–Crippen MR) is 185 cm³/mol. The molecule has 0 aliphatic rings. The van der Waals surface area contributed by atoms with Crippen molar-refractivity contribution in [1.29, 1.82) is 0 Å². The van der Waals surface area contributed by atoms with Crippen LogP contribution in [0.5, 0.6) is 0 Å². The van der Waals surface area contributed by atoms with E-state index >= 15 is 0 Å². The van der Waals surface area contributed by atoms with Crippen molar-refractivity contribution >= 4 is 17.1 Å². The van der Waals surface area contributed by atoms with E-state index in [1.165, 1.54) is 5.56 Å². The summed E-state index contributed by atoms with van der Waals surface area (Å²) in [6.07, 6.45) is 0. The van der Waals surface area contributed by atoms with Crippen LogP contribution >= 0.6 is 0 Å². The smallest absolute Gasteiger partial charge is 0.164 e. The molecule has 0 spiro atoms. The highest BCUT2D eigenvalue weighted by Gasteiger charge is 2.16. The first-order chi connectivity index (χ1) is 22.2. The normalized spacial score (nSPS) is 10.8. The second-order valence-electron chi connectivity index (χ2n) is 10.8. The molecule has 0 fully saturated rings. The fraction of sp³-hybridized carbons (Fsp3) is 0.0250. The molecule has 7 rings (SSSR count). The number of anilines is 3. The third kappa shape index (κ3) is 6.05. The molecule has 0 atom stereocenters. The lowest BCUT2D eigenvalue weighted by atomic mass is 9.98. The van der Waals surface area contributed by atoms with Gasteiger partial charge >= 0.3 is 0 Å². The second-order valence-corrected chi connectivity index (χ2v) is 10.8. The summed E-state index contributed by atoms with van der Waals surface area (Å²) in [6, 6.07) is 55.4. The molecule has 0 radical (unpaired) electrons. The third-order valence-corrected chi connectivity index (χ3v) is 7.77. The first-order valence-electron chi connectivity index (χ1n) is 15.0. The van der Waals surface area contributed by atoms with Crippen LogP contribution in [0.1, 0.15) is 5.56 Å². The van der Waals surface area contributed by atoms with Gasteiger partial charge in [-0.3, -0.25) is 0 Å². The maximum atomic E-state index is 6.42. The van der Waals surface area contributed by atoms with Gasteiger partial charge in [0.25, 0.3) is 0 Å². The molecule has 5 heteroatoms. The Morgan fingerprint density at radius 2 is 0.911 bits per heavy atom. The van der Waals surface area contributed by atoms with E-state index < -0.39 is 0 Å². The van der Waals surface area contributed by atoms with Crippen LogP contribution in [-0.4, -0.2) is 15.0 Å². The minimum absolute atomic E-state index is 0.636. The van der Waals surface area contributed by atoms with Crippen LogP contribution in [0.2, 0.25) is 0 Å². The van der Waals surface area contributed by atoms with Crippen LogP contribution in [0.15, 0.2) is 164 Å². The Labute approximate surface area is 263 Å². The number of aromatic nitrogens is 3. The molecule has 216 valence electrons. The topological polar surface area (TPSA) is 67.9 Å². The fourth-order valence-electron chi connectivity index (χ4n) is 5.49. The van der Waals surface area contributed by atoms with E-state index in [1.807, 2.05) is 91.0 Å². The first-order valence-corrected chi connectivity index (χ1v) is 15.0. The van der Waals surface area contributed by atoms with Gasteiger partial charge in [0.1, 0.15) is 0 Å². The number of nitrogens with zero attached hydrogens (tertiary/aromatic N) is 4. The van der Waals surface area contributed by atoms with Gasteiger partial charge in [0.15, 0.2) is 17.5 Å². The number of nitrogen functional groups attached to an aromatic ring is 1. The number of para-hydroxylation sites is 3. The van der Waals surface area contributed by atoms with Gasteiger partial charge in [-0.2, -0.15) is 0 Å². The Hall–Kier alpha value is -6.07. The second kappa shape index (κ2) is 12.7. The minimum atomic E-state index is 0.636. The largest absolute Gasteiger partial charge is 0.397 e. The molecule has 1 heterocycles. The molecule has 5 nitrogen and oxygen atoms in total. The van der Waals surface area contributed by atoms with Crippen LogP contribution in [0.4, 0.5) is 17.1 Å². The molecule has 45 heavy (non-hydrogen) atoms. The Morgan fingerprint density at radius 3 is 1.51 bits per heavy atom. The van der Waals surface area contributed by atoms with Gasteiger partial charge in [-0.15, -0.1) is 0 Å². The van der Waals surface area contributed by atoms with Gasteiger partial charge in [-0.25, -0.2) is 15.0 Å². The van der Waals surface area contributed by atoms with Crippen LogP contribution < -0.4 is 10.6 Å². The molecule has 7 aromatic rings. The number of hydrogen-bond acceptors (Lipinski definition) is 5. The molecular formula is C40H31N5. The molecule has 2 N–H and O–H groups in total. The lowest BCUT2D eigenvalue weighted by Gasteiger charge is -2.26. The summed E-state index contributed by atoms with van der Waals surface area (Å²) in [6.45, 7) is 0.675. The highest BCUT2D eigenvalue weighted by molar-refractivity contribution is 5.82. The lowest BCUT2D eigenvalue weighted by molar-refractivity contribution is 0.977. The van der Waals surface area contributed by atoms with E-state index in [2.05, 4.69) is 77.7 Å². The molecule has 0 aliphatic heterocycles. The van der Waals surface area contributed by atoms with Crippen molar-refractivity contribution in [3.63, 3.8) is 0 Å². The molecule has 0 bridgehead atoms. The predicted octanol–water partition coefficient (Wildman–Crippen LogP) is 9.46. The summed E-state index contributed by atoms with van der Waals surface area (Å²) >= 11 is 0. The van der Waals surface area contributed by atoms with Crippen LogP contribution in [0.3, 0.4) is 0 Å². The summed E-state index contributed by atoms with van der Waals surface area (Å²) in [5.74, 6) is 1.92. The molecule has 0 saturated heterocycles. The van der Waals surface area contributed by atoms with Crippen LogP contribution in [0, 0.1) is 0 Å². The quantitative estimate of drug-likeness (QED) is 0.181. The summed E-state index contributed by atoms with van der Waals surface area (Å²) < 4.78 is 0. The summed E-state index contributed by atoms with van der Waals surface area (Å²) in [5, 5.41) is 0. The van der Waals surface area contributed by atoms with E-state index in [-0.39, 0.29) is 0 Å². The van der Waals surface area contributed by atoms with Gasteiger partial charge < -0.3 is 10.6 Å². The molecule has 0 aliphatic carbocycles.